The quantitative estimate of drug-likeness (QED) is 0.644. The molecule has 1 aliphatic heterocycles. The topological polar surface area (TPSA) is 126 Å². The first-order valence-corrected chi connectivity index (χ1v) is 9.04. The fourth-order valence-electron chi connectivity index (χ4n) is 2.30. The van der Waals surface area contributed by atoms with Gasteiger partial charge in [0.25, 0.3) is 15.9 Å². The van der Waals surface area contributed by atoms with Gasteiger partial charge in [-0.3, -0.25) is 9.52 Å². The number of carbonyl (C=O) groups is 2. The summed E-state index contributed by atoms with van der Waals surface area (Å²) in [5.74, 6) is 0.0494. The molecule has 4 N–H and O–H groups in total. The predicted octanol–water partition coefficient (Wildman–Crippen LogP) is 1.57. The van der Waals surface area contributed by atoms with Crippen molar-refractivity contribution in [2.45, 2.75) is 4.90 Å². The first-order valence-electron chi connectivity index (χ1n) is 7.56. The van der Waals surface area contributed by atoms with Gasteiger partial charge in [-0.15, -0.1) is 0 Å². The molecule has 2 aromatic rings. The van der Waals surface area contributed by atoms with Gasteiger partial charge in [-0.25, -0.2) is 13.2 Å². The van der Waals surface area contributed by atoms with E-state index >= 15 is 0 Å². The van der Waals surface area contributed by atoms with Crippen LogP contribution in [0.1, 0.15) is 0 Å². The number of benzene rings is 2. The van der Waals surface area contributed by atoms with Crippen molar-refractivity contribution >= 4 is 39.0 Å². The van der Waals surface area contributed by atoms with Crippen LogP contribution in [0, 0.1) is 0 Å². The molecule has 0 atom stereocenters. The van der Waals surface area contributed by atoms with E-state index in [4.69, 9.17) is 4.74 Å². The van der Waals surface area contributed by atoms with Crippen LogP contribution >= 0.6 is 0 Å². The number of carbonyl (C=O) groups excluding carboxylic acids is 2. The Morgan fingerprint density at radius 1 is 1.15 bits per heavy atom. The van der Waals surface area contributed by atoms with E-state index in [0.29, 0.717) is 17.1 Å². The molecular formula is C16H16N4O5S. The first-order chi connectivity index (χ1) is 12.4. The van der Waals surface area contributed by atoms with Gasteiger partial charge in [0.2, 0.25) is 0 Å². The number of rotatable bonds is 4. The van der Waals surface area contributed by atoms with Crippen molar-refractivity contribution in [2.24, 2.45) is 0 Å². The third-order valence-electron chi connectivity index (χ3n) is 3.49. The molecule has 0 unspecified atom stereocenters. The minimum absolute atomic E-state index is 0.0355. The number of anilines is 3. The summed E-state index contributed by atoms with van der Waals surface area (Å²) in [4.78, 5) is 22.7. The summed E-state index contributed by atoms with van der Waals surface area (Å²) in [6.07, 6.45) is 0. The molecule has 0 saturated heterocycles. The second kappa shape index (κ2) is 6.92. The summed E-state index contributed by atoms with van der Waals surface area (Å²) >= 11 is 0. The van der Waals surface area contributed by atoms with Crippen molar-refractivity contribution in [1.82, 2.24) is 5.32 Å². The van der Waals surface area contributed by atoms with Gasteiger partial charge in [0.1, 0.15) is 5.75 Å². The summed E-state index contributed by atoms with van der Waals surface area (Å²) in [6, 6.07) is 10.0. The van der Waals surface area contributed by atoms with Gasteiger partial charge in [-0.05, 0) is 36.4 Å². The fraction of sp³-hybridized carbons (Fsp3) is 0.125. The number of ether oxygens (including phenoxy) is 1. The highest BCUT2D eigenvalue weighted by Gasteiger charge is 2.21. The molecule has 0 aromatic heterocycles. The Bertz CT molecular complexity index is 974. The first kappa shape index (κ1) is 17.5. The summed E-state index contributed by atoms with van der Waals surface area (Å²) < 4.78 is 32.8. The maximum atomic E-state index is 12.6. The van der Waals surface area contributed by atoms with Crippen LogP contribution in [0.2, 0.25) is 0 Å². The zero-order valence-corrected chi connectivity index (χ0v) is 14.5. The normalized spacial score (nSPS) is 13.0. The molecule has 9 nitrogen and oxygen atoms in total. The van der Waals surface area contributed by atoms with E-state index in [0.717, 1.165) is 0 Å². The number of sulfonamides is 1. The van der Waals surface area contributed by atoms with Crippen molar-refractivity contribution in [1.29, 1.82) is 0 Å². The highest BCUT2D eigenvalue weighted by atomic mass is 32.2. The molecule has 0 spiro atoms. The molecule has 136 valence electrons. The van der Waals surface area contributed by atoms with E-state index in [1.165, 1.54) is 31.3 Å². The van der Waals surface area contributed by atoms with Crippen molar-refractivity contribution < 1.29 is 22.7 Å². The van der Waals surface area contributed by atoms with E-state index in [1.54, 1.807) is 18.2 Å². The molecule has 26 heavy (non-hydrogen) atoms. The number of fused-ring (bicyclic) bond motifs is 1. The van der Waals surface area contributed by atoms with Gasteiger partial charge >= 0.3 is 6.03 Å². The Labute approximate surface area is 149 Å². The summed E-state index contributed by atoms with van der Waals surface area (Å²) in [6.45, 7) is -0.109. The van der Waals surface area contributed by atoms with Gasteiger partial charge < -0.3 is 20.7 Å². The fourth-order valence-corrected chi connectivity index (χ4v) is 3.37. The van der Waals surface area contributed by atoms with Crippen LogP contribution in [-0.2, 0) is 14.8 Å². The third kappa shape index (κ3) is 3.86. The van der Waals surface area contributed by atoms with Crippen LogP contribution in [0.15, 0.2) is 47.4 Å². The Morgan fingerprint density at radius 3 is 2.69 bits per heavy atom. The molecule has 0 aliphatic carbocycles. The van der Waals surface area contributed by atoms with Crippen LogP contribution < -0.4 is 25.4 Å². The largest absolute Gasteiger partial charge is 0.482 e. The standard InChI is InChI=1S/C16H16N4O5S/c1-17-16(22)18-10-3-2-4-11(7-10)20-26(23,24)12-5-6-14-13(8-12)19-15(21)9-25-14/h2-8,20H,9H2,1H3,(H,19,21)(H2,17,18,22). The molecule has 2 aromatic carbocycles. The second-order valence-corrected chi connectivity index (χ2v) is 7.07. The van der Waals surface area contributed by atoms with Gasteiger partial charge in [0.05, 0.1) is 16.3 Å². The summed E-state index contributed by atoms with van der Waals surface area (Å²) in [5.41, 5.74) is 0.992. The van der Waals surface area contributed by atoms with Gasteiger partial charge in [0.15, 0.2) is 6.61 Å². The average molecular weight is 376 g/mol. The van der Waals surface area contributed by atoms with E-state index in [1.807, 2.05) is 0 Å². The smallest absolute Gasteiger partial charge is 0.318 e. The monoisotopic (exact) mass is 376 g/mol. The van der Waals surface area contributed by atoms with Crippen molar-refractivity contribution in [2.75, 3.05) is 29.0 Å². The van der Waals surface area contributed by atoms with Crippen LogP contribution in [0.4, 0.5) is 21.9 Å². The Morgan fingerprint density at radius 2 is 1.92 bits per heavy atom. The number of hydrogen-bond acceptors (Lipinski definition) is 5. The Hall–Kier alpha value is -3.27. The van der Waals surface area contributed by atoms with Gasteiger partial charge in [-0.2, -0.15) is 0 Å². The molecule has 1 aliphatic rings. The summed E-state index contributed by atoms with van der Waals surface area (Å²) in [5, 5.41) is 7.52. The lowest BCUT2D eigenvalue weighted by atomic mass is 10.2. The summed E-state index contributed by atoms with van der Waals surface area (Å²) in [7, 11) is -2.43. The maximum Gasteiger partial charge on any atom is 0.318 e. The maximum absolute atomic E-state index is 12.6. The Balaban J connectivity index is 1.83. The van der Waals surface area contributed by atoms with Crippen LogP contribution in [-0.4, -0.2) is 34.0 Å². The van der Waals surface area contributed by atoms with E-state index in [9.17, 15) is 18.0 Å². The van der Waals surface area contributed by atoms with Crippen LogP contribution in [0.5, 0.6) is 5.75 Å². The Kier molecular flexibility index (Phi) is 4.67. The average Bonchev–Trinajstić information content (AvgIpc) is 2.60. The molecule has 10 heteroatoms. The molecule has 3 amide bonds. The zero-order valence-electron chi connectivity index (χ0n) is 13.7. The molecule has 0 fully saturated rings. The van der Waals surface area contributed by atoms with Crippen molar-refractivity contribution in [3.05, 3.63) is 42.5 Å². The van der Waals surface area contributed by atoms with E-state index < -0.39 is 16.1 Å². The SMILES string of the molecule is CNC(=O)Nc1cccc(NS(=O)(=O)c2ccc3c(c2)NC(=O)CO3)c1. The molecule has 3 rings (SSSR count). The lowest BCUT2D eigenvalue weighted by Gasteiger charge is -2.18. The molecule has 0 radical (unpaired) electrons. The number of nitrogens with one attached hydrogen (secondary N) is 4. The lowest BCUT2D eigenvalue weighted by Crippen LogP contribution is -2.25. The van der Waals surface area contributed by atoms with Crippen LogP contribution in [0.25, 0.3) is 0 Å². The highest BCUT2D eigenvalue weighted by Crippen LogP contribution is 2.30. The molecule has 0 bridgehead atoms. The van der Waals surface area contributed by atoms with Gasteiger partial charge in [-0.1, -0.05) is 6.07 Å². The van der Waals surface area contributed by atoms with Crippen molar-refractivity contribution in [3.63, 3.8) is 0 Å². The molecule has 0 saturated carbocycles. The highest BCUT2D eigenvalue weighted by molar-refractivity contribution is 7.92. The number of hydrogen-bond donors (Lipinski definition) is 4. The zero-order chi connectivity index (χ0) is 18.7. The predicted molar refractivity (Wildman–Crippen MR) is 95.9 cm³/mol. The number of amides is 3. The minimum Gasteiger partial charge on any atom is -0.482 e. The van der Waals surface area contributed by atoms with Gasteiger partial charge in [0, 0.05) is 12.7 Å². The second-order valence-electron chi connectivity index (χ2n) is 5.39. The third-order valence-corrected chi connectivity index (χ3v) is 4.87. The lowest BCUT2D eigenvalue weighted by molar-refractivity contribution is -0.118. The molecule has 1 heterocycles. The minimum atomic E-state index is -3.90. The van der Waals surface area contributed by atoms with Crippen molar-refractivity contribution in [3.8, 4) is 5.75 Å². The number of urea groups is 1. The van der Waals surface area contributed by atoms with Crippen LogP contribution in [0.3, 0.4) is 0 Å². The van der Waals surface area contributed by atoms with E-state index in [-0.39, 0.29) is 23.1 Å². The molecular weight excluding hydrogens is 360 g/mol. The van der Waals surface area contributed by atoms with E-state index in [2.05, 4.69) is 20.7 Å².